The number of benzene rings is 1. The Morgan fingerprint density at radius 3 is 2.29 bits per heavy atom. The second-order valence-corrected chi connectivity index (χ2v) is 5.06. The lowest BCUT2D eigenvalue weighted by Gasteiger charge is -2.22. The third-order valence-electron chi connectivity index (χ3n) is 3.54. The van der Waals surface area contributed by atoms with E-state index in [9.17, 15) is 0 Å². The predicted octanol–water partition coefficient (Wildman–Crippen LogP) is 2.51. The highest BCUT2D eigenvalue weighted by molar-refractivity contribution is 5.39. The van der Waals surface area contributed by atoms with Crippen molar-refractivity contribution < 1.29 is 18.9 Å². The largest absolute Gasteiger partial charge is 0.497 e. The third kappa shape index (κ3) is 4.59. The van der Waals surface area contributed by atoms with Crippen LogP contribution in [0.1, 0.15) is 31.4 Å². The molecule has 1 aliphatic rings. The highest BCUT2D eigenvalue weighted by atomic mass is 16.7. The molecule has 0 aliphatic carbocycles. The quantitative estimate of drug-likeness (QED) is 0.798. The summed E-state index contributed by atoms with van der Waals surface area (Å²) in [4.78, 5) is 0. The van der Waals surface area contributed by atoms with E-state index in [1.807, 2.05) is 18.2 Å². The van der Waals surface area contributed by atoms with Crippen LogP contribution in [0.2, 0.25) is 0 Å². The zero-order valence-corrected chi connectivity index (χ0v) is 13.1. The summed E-state index contributed by atoms with van der Waals surface area (Å²) >= 11 is 0. The number of rotatable bonds is 8. The predicted molar refractivity (Wildman–Crippen MR) is 80.9 cm³/mol. The van der Waals surface area contributed by atoms with E-state index >= 15 is 0 Å². The molecule has 21 heavy (non-hydrogen) atoms. The summed E-state index contributed by atoms with van der Waals surface area (Å²) in [6, 6.07) is 6.09. The van der Waals surface area contributed by atoms with Crippen LogP contribution in [0.15, 0.2) is 18.2 Å². The molecule has 1 saturated heterocycles. The Morgan fingerprint density at radius 1 is 1.14 bits per heavy atom. The van der Waals surface area contributed by atoms with E-state index in [1.54, 1.807) is 14.2 Å². The molecule has 1 aliphatic heterocycles. The van der Waals surface area contributed by atoms with E-state index in [4.69, 9.17) is 18.9 Å². The second-order valence-electron chi connectivity index (χ2n) is 5.06. The van der Waals surface area contributed by atoms with Crippen molar-refractivity contribution in [2.75, 3.05) is 34.0 Å². The first kappa shape index (κ1) is 16.1. The van der Waals surface area contributed by atoms with Gasteiger partial charge in [0, 0.05) is 18.5 Å². The van der Waals surface area contributed by atoms with E-state index in [1.165, 1.54) is 0 Å². The van der Waals surface area contributed by atoms with Gasteiger partial charge in [-0.1, -0.05) is 6.92 Å². The van der Waals surface area contributed by atoms with Gasteiger partial charge in [0.15, 0.2) is 6.29 Å². The molecule has 1 N–H and O–H groups in total. The van der Waals surface area contributed by atoms with Crippen molar-refractivity contribution >= 4 is 0 Å². The summed E-state index contributed by atoms with van der Waals surface area (Å²) in [6.45, 7) is 4.44. The maximum absolute atomic E-state index is 5.57. The lowest BCUT2D eigenvalue weighted by molar-refractivity contribution is -0.0530. The Bertz CT molecular complexity index is 410. The van der Waals surface area contributed by atoms with Crippen LogP contribution in [0, 0.1) is 0 Å². The summed E-state index contributed by atoms with van der Waals surface area (Å²) < 4.78 is 21.8. The van der Waals surface area contributed by atoms with Gasteiger partial charge in [-0.05, 0) is 30.7 Å². The van der Waals surface area contributed by atoms with Crippen LogP contribution in [0.4, 0.5) is 0 Å². The number of nitrogens with one attached hydrogen (secondary N) is 1. The second kappa shape index (κ2) is 8.22. The van der Waals surface area contributed by atoms with Crippen molar-refractivity contribution in [2.45, 2.75) is 32.1 Å². The number of methoxy groups -OCH3 is 2. The first-order chi connectivity index (χ1) is 10.3. The van der Waals surface area contributed by atoms with Gasteiger partial charge in [0.25, 0.3) is 0 Å². The minimum Gasteiger partial charge on any atom is -0.497 e. The molecule has 118 valence electrons. The molecule has 0 radical (unpaired) electrons. The van der Waals surface area contributed by atoms with Crippen molar-refractivity contribution in [3.63, 3.8) is 0 Å². The van der Waals surface area contributed by atoms with Gasteiger partial charge in [-0.25, -0.2) is 0 Å². The molecule has 2 rings (SSSR count). The van der Waals surface area contributed by atoms with Crippen molar-refractivity contribution in [1.29, 1.82) is 0 Å². The molecule has 0 amide bonds. The van der Waals surface area contributed by atoms with E-state index in [0.717, 1.165) is 36.4 Å². The molecular formula is C16H25NO4. The van der Waals surface area contributed by atoms with Gasteiger partial charge in [0.2, 0.25) is 0 Å². The zero-order valence-electron chi connectivity index (χ0n) is 13.1. The Hall–Kier alpha value is -1.30. The summed E-state index contributed by atoms with van der Waals surface area (Å²) in [5, 5.41) is 3.54. The van der Waals surface area contributed by atoms with Gasteiger partial charge in [0.1, 0.15) is 11.5 Å². The summed E-state index contributed by atoms with van der Waals surface area (Å²) in [5.74, 6) is 1.59. The van der Waals surface area contributed by atoms with Crippen LogP contribution in [-0.4, -0.2) is 40.3 Å². The van der Waals surface area contributed by atoms with Gasteiger partial charge in [-0.3, -0.25) is 0 Å². The van der Waals surface area contributed by atoms with Crippen LogP contribution >= 0.6 is 0 Å². The molecular weight excluding hydrogens is 270 g/mol. The average molecular weight is 295 g/mol. The number of hydrogen-bond donors (Lipinski definition) is 1. The van der Waals surface area contributed by atoms with Crippen LogP contribution in [0.5, 0.6) is 11.5 Å². The lowest BCUT2D eigenvalue weighted by Crippen LogP contribution is -2.26. The third-order valence-corrected chi connectivity index (χ3v) is 3.54. The zero-order chi connectivity index (χ0) is 15.1. The Morgan fingerprint density at radius 2 is 1.76 bits per heavy atom. The van der Waals surface area contributed by atoms with E-state index in [2.05, 4.69) is 12.2 Å². The molecule has 0 saturated carbocycles. The van der Waals surface area contributed by atoms with Crippen molar-refractivity contribution in [2.24, 2.45) is 0 Å². The first-order valence-corrected chi connectivity index (χ1v) is 7.46. The van der Waals surface area contributed by atoms with Crippen molar-refractivity contribution in [3.05, 3.63) is 23.8 Å². The first-order valence-electron chi connectivity index (χ1n) is 7.46. The minimum atomic E-state index is -0.142. The van der Waals surface area contributed by atoms with Crippen LogP contribution in [-0.2, 0) is 9.47 Å². The summed E-state index contributed by atoms with van der Waals surface area (Å²) in [7, 11) is 3.33. The fourth-order valence-corrected chi connectivity index (χ4v) is 2.42. The fraction of sp³-hybridized carbons (Fsp3) is 0.625. The molecule has 1 atom stereocenters. The lowest BCUT2D eigenvalue weighted by atomic mass is 10.0. The van der Waals surface area contributed by atoms with Gasteiger partial charge in [0.05, 0.1) is 27.4 Å². The molecule has 1 heterocycles. The molecule has 1 aromatic rings. The SMILES string of the molecule is CCCNC(CC1OCCO1)c1cc(OC)cc(OC)c1. The topological polar surface area (TPSA) is 49.0 Å². The molecule has 1 fully saturated rings. The number of hydrogen-bond acceptors (Lipinski definition) is 5. The molecule has 1 unspecified atom stereocenters. The van der Waals surface area contributed by atoms with Crippen molar-refractivity contribution in [3.8, 4) is 11.5 Å². The van der Waals surface area contributed by atoms with E-state index < -0.39 is 0 Å². The van der Waals surface area contributed by atoms with Gasteiger partial charge >= 0.3 is 0 Å². The summed E-state index contributed by atoms with van der Waals surface area (Å²) in [5.41, 5.74) is 1.12. The molecule has 5 nitrogen and oxygen atoms in total. The molecule has 1 aromatic carbocycles. The molecule has 0 bridgehead atoms. The summed E-state index contributed by atoms with van der Waals surface area (Å²) in [6.07, 6.45) is 1.71. The molecule has 5 heteroatoms. The van der Waals surface area contributed by atoms with Crippen LogP contribution in [0.25, 0.3) is 0 Å². The standard InChI is InChI=1S/C16H25NO4/c1-4-5-17-15(11-16-20-6-7-21-16)12-8-13(18-2)10-14(9-12)19-3/h8-10,15-17H,4-7,11H2,1-3H3. The molecule has 0 aromatic heterocycles. The maximum atomic E-state index is 5.57. The van der Waals surface area contributed by atoms with E-state index in [0.29, 0.717) is 13.2 Å². The Labute approximate surface area is 126 Å². The fourth-order valence-electron chi connectivity index (χ4n) is 2.42. The van der Waals surface area contributed by atoms with Gasteiger partial charge < -0.3 is 24.3 Å². The van der Waals surface area contributed by atoms with Crippen LogP contribution < -0.4 is 14.8 Å². The normalized spacial score (nSPS) is 16.9. The molecule has 0 spiro atoms. The monoisotopic (exact) mass is 295 g/mol. The highest BCUT2D eigenvalue weighted by Gasteiger charge is 2.23. The smallest absolute Gasteiger partial charge is 0.159 e. The van der Waals surface area contributed by atoms with E-state index in [-0.39, 0.29) is 12.3 Å². The Kier molecular flexibility index (Phi) is 6.29. The highest BCUT2D eigenvalue weighted by Crippen LogP contribution is 2.29. The van der Waals surface area contributed by atoms with Crippen molar-refractivity contribution in [1.82, 2.24) is 5.32 Å². The minimum absolute atomic E-state index is 0.142. The Balaban J connectivity index is 2.17. The van der Waals surface area contributed by atoms with Gasteiger partial charge in [-0.15, -0.1) is 0 Å². The number of ether oxygens (including phenoxy) is 4. The average Bonchev–Trinajstić information content (AvgIpc) is 3.03. The maximum Gasteiger partial charge on any atom is 0.159 e. The van der Waals surface area contributed by atoms with Gasteiger partial charge in [-0.2, -0.15) is 0 Å². The van der Waals surface area contributed by atoms with Crippen LogP contribution in [0.3, 0.4) is 0 Å².